The summed E-state index contributed by atoms with van der Waals surface area (Å²) in [6, 6.07) is 13.9. The summed E-state index contributed by atoms with van der Waals surface area (Å²) in [7, 11) is 1.91. The van der Waals surface area contributed by atoms with Gasteiger partial charge in [0, 0.05) is 18.4 Å². The van der Waals surface area contributed by atoms with Gasteiger partial charge in [0.1, 0.15) is 5.82 Å². The van der Waals surface area contributed by atoms with Crippen molar-refractivity contribution in [1.29, 1.82) is 0 Å². The first kappa shape index (κ1) is 16.7. The summed E-state index contributed by atoms with van der Waals surface area (Å²) >= 11 is 1.42. The van der Waals surface area contributed by atoms with E-state index in [1.54, 1.807) is 12.1 Å². The lowest BCUT2D eigenvalue weighted by atomic mass is 10.1. The Morgan fingerprint density at radius 1 is 1.12 bits per heavy atom. The van der Waals surface area contributed by atoms with E-state index >= 15 is 0 Å². The second-order valence-corrected chi connectivity index (χ2v) is 6.55. The molecule has 0 saturated heterocycles. The lowest BCUT2D eigenvalue weighted by Crippen LogP contribution is -2.02. The number of aliphatic hydroxyl groups is 1. The first-order valence-corrected chi connectivity index (χ1v) is 8.56. The first-order valence-electron chi connectivity index (χ1n) is 7.58. The molecule has 1 N–H and O–H groups in total. The van der Waals surface area contributed by atoms with Crippen molar-refractivity contribution < 1.29 is 9.50 Å². The summed E-state index contributed by atoms with van der Waals surface area (Å²) in [5.41, 5.74) is 2.86. The zero-order valence-electron chi connectivity index (χ0n) is 13.5. The Bertz CT molecular complexity index is 833. The van der Waals surface area contributed by atoms with Gasteiger partial charge in [-0.3, -0.25) is 0 Å². The summed E-state index contributed by atoms with van der Waals surface area (Å²) in [6.45, 7) is 2.04. The van der Waals surface area contributed by atoms with Crippen LogP contribution >= 0.6 is 11.8 Å². The molecule has 124 valence electrons. The standard InChI is InChI=1S/C18H18FN3OS/c1-12-5-3-4-6-15(12)17-20-21-18(22(17)2)24-11-16(23)13-7-9-14(19)10-8-13/h3-10,16,23H,11H2,1-2H3. The minimum atomic E-state index is -0.686. The molecule has 24 heavy (non-hydrogen) atoms. The summed E-state index contributed by atoms with van der Waals surface area (Å²) in [5, 5.41) is 19.4. The smallest absolute Gasteiger partial charge is 0.191 e. The largest absolute Gasteiger partial charge is 0.388 e. The predicted octanol–water partition coefficient (Wildman–Crippen LogP) is 3.76. The van der Waals surface area contributed by atoms with E-state index in [2.05, 4.69) is 10.2 Å². The zero-order chi connectivity index (χ0) is 17.1. The van der Waals surface area contributed by atoms with E-state index in [9.17, 15) is 9.50 Å². The van der Waals surface area contributed by atoms with Crippen molar-refractivity contribution in [3.63, 3.8) is 0 Å². The number of hydrogen-bond donors (Lipinski definition) is 1. The number of aromatic nitrogens is 3. The third-order valence-electron chi connectivity index (χ3n) is 3.85. The Balaban J connectivity index is 1.73. The number of benzene rings is 2. The SMILES string of the molecule is Cc1ccccc1-c1nnc(SCC(O)c2ccc(F)cc2)n1C. The molecule has 6 heteroatoms. The monoisotopic (exact) mass is 343 g/mol. The van der Waals surface area contributed by atoms with Gasteiger partial charge in [-0.05, 0) is 30.2 Å². The van der Waals surface area contributed by atoms with Crippen LogP contribution in [0.2, 0.25) is 0 Å². The van der Waals surface area contributed by atoms with Crippen molar-refractivity contribution in [2.24, 2.45) is 7.05 Å². The molecule has 1 unspecified atom stereocenters. The summed E-state index contributed by atoms with van der Waals surface area (Å²) < 4.78 is 14.9. The van der Waals surface area contributed by atoms with Crippen molar-refractivity contribution in [3.05, 3.63) is 65.5 Å². The highest BCUT2D eigenvalue weighted by molar-refractivity contribution is 7.99. The topological polar surface area (TPSA) is 50.9 Å². The van der Waals surface area contributed by atoms with Crippen LogP contribution in [0, 0.1) is 12.7 Å². The van der Waals surface area contributed by atoms with Crippen molar-refractivity contribution in [2.45, 2.75) is 18.2 Å². The summed E-state index contributed by atoms with van der Waals surface area (Å²) in [6.07, 6.45) is -0.686. The highest BCUT2D eigenvalue weighted by Crippen LogP contribution is 2.27. The minimum Gasteiger partial charge on any atom is -0.388 e. The van der Waals surface area contributed by atoms with Gasteiger partial charge >= 0.3 is 0 Å². The van der Waals surface area contributed by atoms with Gasteiger partial charge in [-0.2, -0.15) is 0 Å². The van der Waals surface area contributed by atoms with Gasteiger partial charge in [-0.1, -0.05) is 48.2 Å². The van der Waals surface area contributed by atoms with Crippen LogP contribution in [0.4, 0.5) is 4.39 Å². The molecule has 0 fully saturated rings. The van der Waals surface area contributed by atoms with E-state index < -0.39 is 6.10 Å². The van der Waals surface area contributed by atoms with Gasteiger partial charge < -0.3 is 9.67 Å². The quantitative estimate of drug-likeness (QED) is 0.717. The van der Waals surface area contributed by atoms with E-state index in [0.29, 0.717) is 11.3 Å². The Kier molecular flexibility index (Phi) is 4.97. The molecule has 0 radical (unpaired) electrons. The molecule has 0 aliphatic rings. The Hall–Kier alpha value is -2.18. The summed E-state index contributed by atoms with van der Waals surface area (Å²) in [5.74, 6) is 0.910. The minimum absolute atomic E-state index is 0.310. The number of halogens is 1. The average Bonchev–Trinajstić information content (AvgIpc) is 2.94. The van der Waals surface area contributed by atoms with E-state index in [-0.39, 0.29) is 5.82 Å². The molecule has 0 saturated carbocycles. The van der Waals surface area contributed by atoms with Crippen LogP contribution in [0.1, 0.15) is 17.2 Å². The molecule has 0 spiro atoms. The van der Waals surface area contributed by atoms with Crippen LogP contribution in [-0.4, -0.2) is 25.6 Å². The average molecular weight is 343 g/mol. The number of aliphatic hydroxyl groups excluding tert-OH is 1. The van der Waals surface area contributed by atoms with Gasteiger partial charge in [0.25, 0.3) is 0 Å². The predicted molar refractivity (Wildman–Crippen MR) is 93.3 cm³/mol. The van der Waals surface area contributed by atoms with E-state index in [0.717, 1.165) is 22.1 Å². The zero-order valence-corrected chi connectivity index (χ0v) is 14.3. The fourth-order valence-corrected chi connectivity index (χ4v) is 3.31. The Labute approximate surface area is 144 Å². The highest BCUT2D eigenvalue weighted by atomic mass is 32.2. The maximum atomic E-state index is 12.9. The molecule has 1 aromatic heterocycles. The van der Waals surface area contributed by atoms with Gasteiger partial charge in [0.2, 0.25) is 0 Å². The second-order valence-electron chi connectivity index (χ2n) is 5.56. The van der Waals surface area contributed by atoms with Gasteiger partial charge in [-0.15, -0.1) is 10.2 Å². The van der Waals surface area contributed by atoms with Crippen LogP contribution in [0.5, 0.6) is 0 Å². The summed E-state index contributed by atoms with van der Waals surface area (Å²) in [4.78, 5) is 0. The van der Waals surface area contributed by atoms with E-state index in [1.807, 2.05) is 42.8 Å². The lowest BCUT2D eigenvalue weighted by molar-refractivity contribution is 0.204. The third-order valence-corrected chi connectivity index (χ3v) is 4.94. The van der Waals surface area contributed by atoms with E-state index in [4.69, 9.17) is 0 Å². The fraction of sp³-hybridized carbons (Fsp3) is 0.222. The van der Waals surface area contributed by atoms with Crippen molar-refractivity contribution in [1.82, 2.24) is 14.8 Å². The van der Waals surface area contributed by atoms with Gasteiger partial charge in [0.05, 0.1) is 6.10 Å². The first-order chi connectivity index (χ1) is 11.6. The molecule has 0 amide bonds. The Morgan fingerprint density at radius 3 is 2.54 bits per heavy atom. The molecule has 3 rings (SSSR count). The normalized spacial score (nSPS) is 12.3. The van der Waals surface area contributed by atoms with Crippen LogP contribution in [0.15, 0.2) is 53.7 Å². The third kappa shape index (κ3) is 3.49. The highest BCUT2D eigenvalue weighted by Gasteiger charge is 2.15. The second kappa shape index (κ2) is 7.15. The molecule has 0 aliphatic carbocycles. The number of rotatable bonds is 5. The lowest BCUT2D eigenvalue weighted by Gasteiger charge is -2.10. The Morgan fingerprint density at radius 2 is 1.83 bits per heavy atom. The molecule has 1 heterocycles. The van der Waals surface area contributed by atoms with Crippen LogP contribution < -0.4 is 0 Å². The number of thioether (sulfide) groups is 1. The maximum absolute atomic E-state index is 12.9. The molecule has 0 bridgehead atoms. The van der Waals surface area contributed by atoms with Gasteiger partial charge in [-0.25, -0.2) is 4.39 Å². The fourth-order valence-electron chi connectivity index (χ4n) is 2.43. The molecule has 0 aliphatic heterocycles. The maximum Gasteiger partial charge on any atom is 0.191 e. The molecule has 1 atom stereocenters. The van der Waals surface area contributed by atoms with E-state index in [1.165, 1.54) is 23.9 Å². The van der Waals surface area contributed by atoms with Gasteiger partial charge in [0.15, 0.2) is 11.0 Å². The number of nitrogens with zero attached hydrogens (tertiary/aromatic N) is 3. The van der Waals surface area contributed by atoms with Crippen molar-refractivity contribution in [2.75, 3.05) is 5.75 Å². The van der Waals surface area contributed by atoms with Crippen molar-refractivity contribution >= 4 is 11.8 Å². The number of aryl methyl sites for hydroxylation is 1. The van der Waals surface area contributed by atoms with Crippen LogP contribution in [0.3, 0.4) is 0 Å². The molecule has 3 aromatic rings. The molecule has 2 aromatic carbocycles. The van der Waals surface area contributed by atoms with Crippen molar-refractivity contribution in [3.8, 4) is 11.4 Å². The molecular weight excluding hydrogens is 325 g/mol. The van der Waals surface area contributed by atoms with Crippen LogP contribution in [-0.2, 0) is 7.05 Å². The van der Waals surface area contributed by atoms with Crippen LogP contribution in [0.25, 0.3) is 11.4 Å². The molecular formula is C18H18FN3OS. The number of hydrogen-bond acceptors (Lipinski definition) is 4. The molecule has 4 nitrogen and oxygen atoms in total.